The van der Waals surface area contributed by atoms with Gasteiger partial charge in [-0.25, -0.2) is 0 Å². The van der Waals surface area contributed by atoms with E-state index >= 15 is 0 Å². The summed E-state index contributed by atoms with van der Waals surface area (Å²) in [5.74, 6) is 0. The molecule has 1 aromatic carbocycles. The highest BCUT2D eigenvalue weighted by atomic mass is 14.4. The number of benzene rings is 1. The van der Waals surface area contributed by atoms with Gasteiger partial charge in [0.2, 0.25) is 0 Å². The topological polar surface area (TPSA) is 0 Å². The summed E-state index contributed by atoms with van der Waals surface area (Å²) in [4.78, 5) is 0. The lowest BCUT2D eigenvalue weighted by Gasteiger charge is -2.44. The Morgan fingerprint density at radius 1 is 1.06 bits per heavy atom. The molecule has 2 rings (SSSR count). The third kappa shape index (κ3) is 2.16. The minimum Gasteiger partial charge on any atom is -0.0807 e. The monoisotopic (exact) mass is 240 g/mol. The van der Waals surface area contributed by atoms with Crippen LogP contribution in [0.15, 0.2) is 48.1 Å². The Morgan fingerprint density at radius 2 is 1.67 bits per heavy atom. The first kappa shape index (κ1) is 13.1. The molecule has 0 saturated carbocycles. The normalized spacial score (nSPS) is 23.9. The van der Waals surface area contributed by atoms with E-state index in [2.05, 4.69) is 77.1 Å². The van der Waals surface area contributed by atoms with Gasteiger partial charge in [0.15, 0.2) is 0 Å². The van der Waals surface area contributed by atoms with E-state index in [4.69, 9.17) is 0 Å². The summed E-state index contributed by atoms with van der Waals surface area (Å²) in [5.41, 5.74) is 4.48. The Labute approximate surface area is 111 Å². The largest absolute Gasteiger partial charge is 0.0807 e. The Bertz CT molecular complexity index is 485. The van der Waals surface area contributed by atoms with E-state index in [1.807, 2.05) is 0 Å². The van der Waals surface area contributed by atoms with E-state index in [1.54, 1.807) is 0 Å². The zero-order valence-corrected chi connectivity index (χ0v) is 12.2. The van der Waals surface area contributed by atoms with Crippen molar-refractivity contribution in [2.45, 2.75) is 46.5 Å². The summed E-state index contributed by atoms with van der Waals surface area (Å²) in [6.45, 7) is 11.4. The summed E-state index contributed by atoms with van der Waals surface area (Å²) in [6.07, 6.45) is 8.13. The second kappa shape index (κ2) is 4.42. The van der Waals surface area contributed by atoms with Crippen LogP contribution in [-0.2, 0) is 5.41 Å². The predicted octanol–water partition coefficient (Wildman–Crippen LogP) is 5.19. The molecule has 0 heteroatoms. The number of allylic oxidation sites excluding steroid dienone is 4. The second-order valence-corrected chi connectivity index (χ2v) is 6.39. The third-order valence-electron chi connectivity index (χ3n) is 4.76. The van der Waals surface area contributed by atoms with Crippen molar-refractivity contribution in [1.82, 2.24) is 0 Å². The molecule has 1 aliphatic carbocycles. The maximum absolute atomic E-state index is 2.39. The van der Waals surface area contributed by atoms with Crippen LogP contribution >= 0.6 is 0 Å². The van der Waals surface area contributed by atoms with Crippen LogP contribution < -0.4 is 0 Å². The molecule has 0 aromatic heterocycles. The molecule has 0 heterocycles. The zero-order chi connectivity index (χ0) is 13.4. The Hall–Kier alpha value is -1.30. The van der Waals surface area contributed by atoms with Crippen molar-refractivity contribution in [3.8, 4) is 0 Å². The van der Waals surface area contributed by atoms with E-state index in [-0.39, 0.29) is 10.8 Å². The fourth-order valence-corrected chi connectivity index (χ4v) is 2.59. The standard InChI is InChI=1S/C18H24/c1-14-6-8-16(9-7-14)17(3,4)18(5)12-10-15(2)11-13-18/h6-12H,13H2,1-5H3. The van der Waals surface area contributed by atoms with Crippen LogP contribution in [0.4, 0.5) is 0 Å². The summed E-state index contributed by atoms with van der Waals surface area (Å²) >= 11 is 0. The highest BCUT2D eigenvalue weighted by molar-refractivity contribution is 5.35. The molecule has 18 heavy (non-hydrogen) atoms. The highest BCUT2D eigenvalue weighted by Gasteiger charge is 2.40. The first-order valence-electron chi connectivity index (χ1n) is 6.78. The molecule has 0 aliphatic heterocycles. The first-order valence-corrected chi connectivity index (χ1v) is 6.78. The lowest BCUT2D eigenvalue weighted by molar-refractivity contribution is 0.239. The third-order valence-corrected chi connectivity index (χ3v) is 4.76. The lowest BCUT2D eigenvalue weighted by Crippen LogP contribution is -2.38. The van der Waals surface area contributed by atoms with Gasteiger partial charge in [-0.15, -0.1) is 0 Å². The molecule has 0 bridgehead atoms. The van der Waals surface area contributed by atoms with Crippen LogP contribution in [0, 0.1) is 12.3 Å². The van der Waals surface area contributed by atoms with Gasteiger partial charge in [0.1, 0.15) is 0 Å². The number of rotatable bonds is 2. The predicted molar refractivity (Wildman–Crippen MR) is 79.8 cm³/mol. The van der Waals surface area contributed by atoms with E-state index in [1.165, 1.54) is 16.7 Å². The fraction of sp³-hybridized carbons (Fsp3) is 0.444. The molecule has 96 valence electrons. The minimum absolute atomic E-state index is 0.147. The van der Waals surface area contributed by atoms with Gasteiger partial charge in [0, 0.05) is 0 Å². The molecule has 0 N–H and O–H groups in total. The van der Waals surface area contributed by atoms with E-state index in [9.17, 15) is 0 Å². The molecule has 1 aromatic rings. The maximum atomic E-state index is 2.39. The average Bonchev–Trinajstić information content (AvgIpc) is 2.33. The van der Waals surface area contributed by atoms with Gasteiger partial charge in [-0.2, -0.15) is 0 Å². The maximum Gasteiger partial charge on any atom is -0.00122 e. The van der Waals surface area contributed by atoms with Gasteiger partial charge in [-0.3, -0.25) is 0 Å². The molecule has 0 saturated heterocycles. The highest BCUT2D eigenvalue weighted by Crippen LogP contribution is 2.47. The van der Waals surface area contributed by atoms with Gasteiger partial charge in [-0.1, -0.05) is 74.4 Å². The van der Waals surface area contributed by atoms with Crippen LogP contribution in [0.25, 0.3) is 0 Å². The Morgan fingerprint density at radius 3 is 2.17 bits per heavy atom. The van der Waals surface area contributed by atoms with Gasteiger partial charge >= 0.3 is 0 Å². The van der Waals surface area contributed by atoms with Gasteiger partial charge in [0.05, 0.1) is 0 Å². The van der Waals surface area contributed by atoms with Crippen molar-refractivity contribution in [1.29, 1.82) is 0 Å². The van der Waals surface area contributed by atoms with E-state index < -0.39 is 0 Å². The van der Waals surface area contributed by atoms with Crippen molar-refractivity contribution >= 4 is 0 Å². The molecule has 0 radical (unpaired) electrons. The first-order chi connectivity index (χ1) is 8.35. The van der Waals surface area contributed by atoms with Crippen LogP contribution in [-0.4, -0.2) is 0 Å². The molecular formula is C18H24. The fourth-order valence-electron chi connectivity index (χ4n) is 2.59. The molecule has 0 spiro atoms. The molecule has 1 unspecified atom stereocenters. The van der Waals surface area contributed by atoms with Crippen LogP contribution in [0.1, 0.15) is 45.2 Å². The number of hydrogen-bond acceptors (Lipinski definition) is 0. The van der Waals surface area contributed by atoms with E-state index in [0.29, 0.717) is 0 Å². The summed E-state index contributed by atoms with van der Waals surface area (Å²) in [5, 5.41) is 0. The van der Waals surface area contributed by atoms with Crippen molar-refractivity contribution in [3.63, 3.8) is 0 Å². The summed E-state index contributed by atoms with van der Waals surface area (Å²) in [6, 6.07) is 8.99. The number of hydrogen-bond donors (Lipinski definition) is 0. The number of aryl methyl sites for hydroxylation is 1. The van der Waals surface area contributed by atoms with Gasteiger partial charge in [0.25, 0.3) is 0 Å². The van der Waals surface area contributed by atoms with Crippen LogP contribution in [0.3, 0.4) is 0 Å². The average molecular weight is 240 g/mol. The van der Waals surface area contributed by atoms with Gasteiger partial charge in [-0.05, 0) is 36.7 Å². The van der Waals surface area contributed by atoms with Gasteiger partial charge < -0.3 is 0 Å². The summed E-state index contributed by atoms with van der Waals surface area (Å²) in [7, 11) is 0. The molecule has 0 amide bonds. The Balaban J connectivity index is 2.37. The molecule has 0 fully saturated rings. The van der Waals surface area contributed by atoms with Crippen molar-refractivity contribution < 1.29 is 0 Å². The van der Waals surface area contributed by atoms with Crippen molar-refractivity contribution in [2.75, 3.05) is 0 Å². The second-order valence-electron chi connectivity index (χ2n) is 6.39. The lowest BCUT2D eigenvalue weighted by atomic mass is 9.60. The SMILES string of the molecule is CC1=CCC(C)(C(C)(C)c2ccc(C)cc2)C=C1. The van der Waals surface area contributed by atoms with Crippen molar-refractivity contribution in [3.05, 3.63) is 59.2 Å². The van der Waals surface area contributed by atoms with Crippen LogP contribution in [0.5, 0.6) is 0 Å². The smallest absolute Gasteiger partial charge is 0.00122 e. The molecule has 1 aliphatic rings. The molecular weight excluding hydrogens is 216 g/mol. The minimum atomic E-state index is 0.147. The summed E-state index contributed by atoms with van der Waals surface area (Å²) < 4.78 is 0. The zero-order valence-electron chi connectivity index (χ0n) is 12.2. The molecule has 1 atom stereocenters. The molecule has 0 nitrogen and oxygen atoms in total. The Kier molecular flexibility index (Phi) is 3.23. The quantitative estimate of drug-likeness (QED) is 0.667. The van der Waals surface area contributed by atoms with Crippen molar-refractivity contribution in [2.24, 2.45) is 5.41 Å². The van der Waals surface area contributed by atoms with E-state index in [0.717, 1.165) is 6.42 Å². The van der Waals surface area contributed by atoms with Crippen LogP contribution in [0.2, 0.25) is 0 Å².